The molecular weight excluding hydrogens is 255 g/mol. The van der Waals surface area contributed by atoms with Gasteiger partial charge in [0.2, 0.25) is 0 Å². The Morgan fingerprint density at radius 2 is 1.57 bits per heavy atom. The second kappa shape index (κ2) is 2.26. The van der Waals surface area contributed by atoms with Gasteiger partial charge in [-0.25, -0.2) is 0 Å². The number of hydrogen-bond donors (Lipinski definition) is 0. The molecule has 0 bridgehead atoms. The first-order valence-corrected chi connectivity index (χ1v) is 9.52. The molecule has 1 saturated heterocycles. The molecule has 1 heterocycles. The van der Waals surface area contributed by atoms with Gasteiger partial charge in [0.05, 0.1) is 0 Å². The molecule has 0 atom stereocenters. The van der Waals surface area contributed by atoms with Gasteiger partial charge in [-0.1, -0.05) is 0 Å². The van der Waals surface area contributed by atoms with E-state index in [1.54, 1.807) is 0 Å². The van der Waals surface area contributed by atoms with Crippen LogP contribution in [0.4, 0.5) is 0 Å². The molecule has 0 unspecified atom stereocenters. The first-order chi connectivity index (χ1) is 3.21. The zero-order chi connectivity index (χ0) is 5.33. The van der Waals surface area contributed by atoms with Gasteiger partial charge in [0.15, 0.2) is 0 Å². The van der Waals surface area contributed by atoms with Crippen LogP contribution in [0.2, 0.25) is 0 Å². The Hall–Kier alpha value is 1.29. The third-order valence-corrected chi connectivity index (χ3v) is 5.43. The normalized spacial score (nSPS) is 32.9. The number of hydrogen-bond acceptors (Lipinski definition) is 2. The number of rotatable bonds is 0. The van der Waals surface area contributed by atoms with Crippen molar-refractivity contribution in [2.45, 2.75) is 0 Å². The molecule has 0 aliphatic carbocycles. The van der Waals surface area contributed by atoms with Crippen LogP contribution < -0.4 is 0 Å². The van der Waals surface area contributed by atoms with Gasteiger partial charge in [0.1, 0.15) is 0 Å². The fourth-order valence-corrected chi connectivity index (χ4v) is 3.68. The molecular formula is C2H4Cl2O2Te. The molecule has 0 saturated carbocycles. The van der Waals surface area contributed by atoms with E-state index in [2.05, 4.69) is 0 Å². The average molecular weight is 259 g/mol. The van der Waals surface area contributed by atoms with Crippen LogP contribution in [0.1, 0.15) is 0 Å². The summed E-state index contributed by atoms with van der Waals surface area (Å²) >= 11 is -3.05. The fraction of sp³-hybridized carbons (Fsp3) is 1.00. The number of halogens is 2. The van der Waals surface area contributed by atoms with Gasteiger partial charge in [0, 0.05) is 0 Å². The van der Waals surface area contributed by atoms with E-state index in [4.69, 9.17) is 24.1 Å². The summed E-state index contributed by atoms with van der Waals surface area (Å²) in [6.07, 6.45) is 0. The minimum atomic E-state index is -3.05. The van der Waals surface area contributed by atoms with Gasteiger partial charge in [-0.05, 0) is 0 Å². The molecule has 7 heavy (non-hydrogen) atoms. The van der Waals surface area contributed by atoms with E-state index < -0.39 is 16.8 Å². The molecule has 0 N–H and O–H groups in total. The quantitative estimate of drug-likeness (QED) is 0.602. The van der Waals surface area contributed by atoms with Crippen LogP contribution in [0.25, 0.3) is 0 Å². The Labute approximate surface area is 54.0 Å². The molecule has 5 heteroatoms. The molecule has 0 amide bonds. The summed E-state index contributed by atoms with van der Waals surface area (Å²) in [5, 5.41) is 0. The molecule has 0 aromatic carbocycles. The van der Waals surface area contributed by atoms with E-state index in [1.807, 2.05) is 0 Å². The maximum atomic E-state index is 5.48. The Morgan fingerprint density at radius 3 is 1.71 bits per heavy atom. The second-order valence-electron chi connectivity index (χ2n) is 1.02. The van der Waals surface area contributed by atoms with Crippen molar-refractivity contribution in [1.29, 1.82) is 0 Å². The van der Waals surface area contributed by atoms with Crippen LogP contribution in [-0.2, 0) is 6.20 Å². The van der Waals surface area contributed by atoms with Crippen LogP contribution >= 0.6 is 17.9 Å². The van der Waals surface area contributed by atoms with Crippen molar-refractivity contribution in [2.24, 2.45) is 0 Å². The van der Waals surface area contributed by atoms with Crippen molar-refractivity contribution in [3.05, 3.63) is 0 Å². The summed E-state index contributed by atoms with van der Waals surface area (Å²) in [5.74, 6) is 0. The molecule has 1 aliphatic heterocycles. The van der Waals surface area contributed by atoms with E-state index in [1.165, 1.54) is 0 Å². The Bertz CT molecular complexity index is 68.1. The standard InChI is InChI=1S/C2H4Cl2O2Te/c3-7(4)5-1-2-6-7/h1-2H2. The predicted octanol–water partition coefficient (Wildman–Crippen LogP) is 0.946. The van der Waals surface area contributed by atoms with Gasteiger partial charge >= 0.3 is 54.1 Å². The predicted molar refractivity (Wildman–Crippen MR) is 29.4 cm³/mol. The van der Waals surface area contributed by atoms with Crippen molar-refractivity contribution in [3.8, 4) is 0 Å². The summed E-state index contributed by atoms with van der Waals surface area (Å²) < 4.78 is 9.68. The Morgan fingerprint density at radius 1 is 1.14 bits per heavy atom. The second-order valence-corrected chi connectivity index (χ2v) is 11.0. The zero-order valence-corrected chi connectivity index (χ0v) is 7.24. The Balaban J connectivity index is 2.40. The average Bonchev–Trinajstić information content (AvgIpc) is 1.84. The summed E-state index contributed by atoms with van der Waals surface area (Å²) in [6.45, 7) is 1.13. The molecule has 1 fully saturated rings. The van der Waals surface area contributed by atoms with E-state index >= 15 is 0 Å². The van der Waals surface area contributed by atoms with E-state index in [0.29, 0.717) is 13.2 Å². The maximum absolute atomic E-state index is 5.48. The van der Waals surface area contributed by atoms with Crippen molar-refractivity contribution in [2.75, 3.05) is 13.2 Å². The third-order valence-electron chi connectivity index (χ3n) is 0.524. The van der Waals surface area contributed by atoms with Crippen molar-refractivity contribution in [1.82, 2.24) is 0 Å². The van der Waals surface area contributed by atoms with Crippen molar-refractivity contribution < 1.29 is 6.20 Å². The van der Waals surface area contributed by atoms with E-state index in [0.717, 1.165) is 0 Å². The zero-order valence-electron chi connectivity index (χ0n) is 3.39. The van der Waals surface area contributed by atoms with Crippen LogP contribution in [0.3, 0.4) is 0 Å². The van der Waals surface area contributed by atoms with Gasteiger partial charge < -0.3 is 0 Å². The minimum absolute atomic E-state index is 0.564. The summed E-state index contributed by atoms with van der Waals surface area (Å²) in [7, 11) is 11.0. The molecule has 2 nitrogen and oxygen atoms in total. The first kappa shape index (κ1) is 6.41. The van der Waals surface area contributed by atoms with E-state index in [9.17, 15) is 0 Å². The summed E-state index contributed by atoms with van der Waals surface area (Å²) in [5.41, 5.74) is 0. The summed E-state index contributed by atoms with van der Waals surface area (Å²) in [4.78, 5) is 0. The Kier molecular flexibility index (Phi) is 2.07. The third kappa shape index (κ3) is 1.93. The van der Waals surface area contributed by atoms with Crippen LogP contribution in [0.5, 0.6) is 0 Å². The monoisotopic (exact) mass is 260 g/mol. The molecule has 1 aliphatic rings. The topological polar surface area (TPSA) is 18.5 Å². The van der Waals surface area contributed by atoms with Crippen LogP contribution in [0, 0.1) is 0 Å². The fourth-order valence-electron chi connectivity index (χ4n) is 0.296. The van der Waals surface area contributed by atoms with Crippen molar-refractivity contribution in [3.63, 3.8) is 0 Å². The molecule has 0 radical (unpaired) electrons. The molecule has 0 spiro atoms. The molecule has 44 valence electrons. The van der Waals surface area contributed by atoms with Crippen LogP contribution in [0.15, 0.2) is 0 Å². The van der Waals surface area contributed by atoms with Gasteiger partial charge in [-0.3, -0.25) is 0 Å². The first-order valence-electron chi connectivity index (χ1n) is 1.72. The van der Waals surface area contributed by atoms with Crippen molar-refractivity contribution >= 4 is 34.7 Å². The molecule has 0 aromatic rings. The van der Waals surface area contributed by atoms with Gasteiger partial charge in [-0.15, -0.1) is 0 Å². The van der Waals surface area contributed by atoms with Gasteiger partial charge in [-0.2, -0.15) is 0 Å². The summed E-state index contributed by atoms with van der Waals surface area (Å²) in [6, 6.07) is 0. The molecule has 1 rings (SSSR count). The van der Waals surface area contributed by atoms with Gasteiger partial charge in [0.25, 0.3) is 0 Å². The molecule has 0 aromatic heterocycles. The van der Waals surface area contributed by atoms with Crippen LogP contribution in [-0.4, -0.2) is 30.0 Å². The SMILES string of the molecule is Cl[Te]1(Cl)OCCO1. The van der Waals surface area contributed by atoms with E-state index in [-0.39, 0.29) is 0 Å².